The van der Waals surface area contributed by atoms with Crippen molar-refractivity contribution in [3.8, 4) is 17.2 Å². The van der Waals surface area contributed by atoms with Crippen LogP contribution in [0.5, 0.6) is 17.2 Å². The van der Waals surface area contributed by atoms with Gasteiger partial charge in [-0.3, -0.25) is 0 Å². The molecule has 30 heavy (non-hydrogen) atoms. The quantitative estimate of drug-likeness (QED) is 0.705. The number of thioether (sulfide) groups is 1. The van der Waals surface area contributed by atoms with Crippen molar-refractivity contribution in [2.75, 3.05) is 38.9 Å². The number of nitrogens with zero attached hydrogens (tertiary/aromatic N) is 1. The lowest BCUT2D eigenvalue weighted by molar-refractivity contribution is -0.136. The zero-order valence-corrected chi connectivity index (χ0v) is 17.4. The summed E-state index contributed by atoms with van der Waals surface area (Å²) in [6, 6.07) is 7.63. The van der Waals surface area contributed by atoms with Crippen LogP contribution in [-0.2, 0) is 6.18 Å². The molecule has 1 aliphatic heterocycles. The number of methoxy groups -OCH3 is 3. The fourth-order valence-electron chi connectivity index (χ4n) is 3.21. The van der Waals surface area contributed by atoms with Gasteiger partial charge in [0.15, 0.2) is 11.5 Å². The molecule has 0 spiro atoms. The van der Waals surface area contributed by atoms with E-state index in [0.717, 1.165) is 6.07 Å². The molecule has 2 aromatic rings. The zero-order chi connectivity index (χ0) is 21.9. The van der Waals surface area contributed by atoms with Crippen molar-refractivity contribution in [2.45, 2.75) is 11.6 Å². The van der Waals surface area contributed by atoms with Gasteiger partial charge < -0.3 is 24.4 Å². The van der Waals surface area contributed by atoms with Crippen LogP contribution >= 0.6 is 11.8 Å². The zero-order valence-electron chi connectivity index (χ0n) is 16.6. The second-order valence-corrected chi connectivity index (χ2v) is 7.53. The van der Waals surface area contributed by atoms with Gasteiger partial charge in [0, 0.05) is 23.9 Å². The molecule has 0 saturated carbocycles. The lowest BCUT2D eigenvalue weighted by atomic mass is 10.1. The fraction of sp³-hybridized carbons (Fsp3) is 0.350. The molecule has 0 aliphatic carbocycles. The van der Waals surface area contributed by atoms with Crippen molar-refractivity contribution >= 4 is 23.5 Å². The van der Waals surface area contributed by atoms with Gasteiger partial charge >= 0.3 is 12.2 Å². The lowest BCUT2D eigenvalue weighted by Crippen LogP contribution is -2.35. The SMILES string of the molecule is COc1cc(OC)c(C2SCCN2C(=O)Nc2ccccc2C(F)(F)F)cc1OC. The number of alkyl halides is 3. The van der Waals surface area contributed by atoms with Crippen LogP contribution in [0.25, 0.3) is 0 Å². The van der Waals surface area contributed by atoms with E-state index in [4.69, 9.17) is 14.2 Å². The van der Waals surface area contributed by atoms with Crippen molar-refractivity contribution in [1.29, 1.82) is 0 Å². The van der Waals surface area contributed by atoms with Gasteiger partial charge in [-0.15, -0.1) is 11.8 Å². The van der Waals surface area contributed by atoms with Crippen molar-refractivity contribution in [3.63, 3.8) is 0 Å². The molecule has 1 saturated heterocycles. The van der Waals surface area contributed by atoms with E-state index < -0.39 is 23.1 Å². The highest BCUT2D eigenvalue weighted by molar-refractivity contribution is 7.99. The minimum Gasteiger partial charge on any atom is -0.496 e. The highest BCUT2D eigenvalue weighted by Crippen LogP contribution is 2.46. The van der Waals surface area contributed by atoms with Crippen molar-refractivity contribution in [3.05, 3.63) is 47.5 Å². The highest BCUT2D eigenvalue weighted by Gasteiger charge is 2.36. The third kappa shape index (κ3) is 4.38. The van der Waals surface area contributed by atoms with E-state index in [0.29, 0.717) is 35.1 Å². The average molecular weight is 442 g/mol. The van der Waals surface area contributed by atoms with Gasteiger partial charge in [-0.05, 0) is 18.2 Å². The van der Waals surface area contributed by atoms with Gasteiger partial charge in [0.05, 0.1) is 32.6 Å². The maximum atomic E-state index is 13.3. The minimum absolute atomic E-state index is 0.287. The number of hydrogen-bond donors (Lipinski definition) is 1. The van der Waals surface area contributed by atoms with Crippen LogP contribution in [0.2, 0.25) is 0 Å². The van der Waals surface area contributed by atoms with Crippen molar-refractivity contribution in [1.82, 2.24) is 4.90 Å². The molecule has 1 unspecified atom stereocenters. The van der Waals surface area contributed by atoms with E-state index in [1.165, 1.54) is 56.2 Å². The Bertz CT molecular complexity index is 923. The first kappa shape index (κ1) is 21.9. The number of ether oxygens (including phenoxy) is 3. The van der Waals surface area contributed by atoms with Gasteiger partial charge in [-0.1, -0.05) is 12.1 Å². The Morgan fingerprint density at radius 1 is 1.07 bits per heavy atom. The van der Waals surface area contributed by atoms with E-state index in [9.17, 15) is 18.0 Å². The number of carbonyl (C=O) groups is 1. The predicted octanol–water partition coefficient (Wildman–Crippen LogP) is 5.01. The summed E-state index contributed by atoms with van der Waals surface area (Å²) in [5.74, 6) is 2.04. The first-order valence-corrected chi connectivity index (χ1v) is 10.0. The monoisotopic (exact) mass is 442 g/mol. The average Bonchev–Trinajstić information content (AvgIpc) is 3.22. The second kappa shape index (κ2) is 8.95. The Labute approximate surface area is 176 Å². The first-order valence-electron chi connectivity index (χ1n) is 8.95. The van der Waals surface area contributed by atoms with Crippen molar-refractivity contribution < 1.29 is 32.2 Å². The molecule has 1 atom stereocenters. The molecule has 2 aromatic carbocycles. The van der Waals surface area contributed by atoms with Gasteiger partial charge in [0.25, 0.3) is 0 Å². The highest BCUT2D eigenvalue weighted by atomic mass is 32.2. The summed E-state index contributed by atoms with van der Waals surface area (Å²) in [5.41, 5.74) is -0.521. The van der Waals surface area contributed by atoms with Crippen molar-refractivity contribution in [2.24, 2.45) is 0 Å². The molecule has 1 heterocycles. The molecule has 3 rings (SSSR count). The maximum absolute atomic E-state index is 13.3. The molecule has 1 N–H and O–H groups in total. The minimum atomic E-state index is -4.57. The normalized spacial score (nSPS) is 16.3. The third-order valence-electron chi connectivity index (χ3n) is 4.63. The van der Waals surface area contributed by atoms with Gasteiger partial charge in [-0.25, -0.2) is 4.79 Å². The van der Waals surface area contributed by atoms with E-state index in [1.54, 1.807) is 12.1 Å². The number of carbonyl (C=O) groups excluding carboxylic acids is 1. The summed E-state index contributed by atoms with van der Waals surface area (Å²) in [4.78, 5) is 14.4. The summed E-state index contributed by atoms with van der Waals surface area (Å²) in [6.45, 7) is 0.368. The number of rotatable bonds is 5. The number of nitrogens with one attached hydrogen (secondary N) is 1. The number of para-hydroxylation sites is 1. The number of halogens is 3. The Balaban J connectivity index is 1.91. The molecule has 0 bridgehead atoms. The molecule has 162 valence electrons. The van der Waals surface area contributed by atoms with E-state index >= 15 is 0 Å². The first-order chi connectivity index (χ1) is 14.3. The summed E-state index contributed by atoms with van der Waals surface area (Å²) >= 11 is 1.48. The standard InChI is InChI=1S/C20H21F3N2O4S/c1-27-15-11-17(29-3)16(28-2)10-12(15)18-25(8-9-30-18)19(26)24-14-7-5-4-6-13(14)20(21,22)23/h4-7,10-11,18H,8-9H2,1-3H3,(H,24,26). The van der Waals surface area contributed by atoms with Gasteiger partial charge in [0.1, 0.15) is 11.1 Å². The molecule has 2 amide bonds. The molecule has 1 aliphatic rings. The maximum Gasteiger partial charge on any atom is 0.418 e. The lowest BCUT2D eigenvalue weighted by Gasteiger charge is -2.27. The molecule has 10 heteroatoms. The van der Waals surface area contributed by atoms with E-state index in [2.05, 4.69) is 5.32 Å². The molecule has 0 aromatic heterocycles. The molecule has 0 radical (unpaired) electrons. The Morgan fingerprint density at radius 2 is 1.70 bits per heavy atom. The number of amides is 2. The van der Waals surface area contributed by atoms with Gasteiger partial charge in [-0.2, -0.15) is 13.2 Å². The topological polar surface area (TPSA) is 60.0 Å². The Kier molecular flexibility index (Phi) is 6.55. The number of benzene rings is 2. The summed E-state index contributed by atoms with van der Waals surface area (Å²) in [6.07, 6.45) is -4.57. The van der Waals surface area contributed by atoms with Gasteiger partial charge in [0.2, 0.25) is 0 Å². The Hall–Kier alpha value is -2.75. The van der Waals surface area contributed by atoms with Crippen LogP contribution in [0.15, 0.2) is 36.4 Å². The largest absolute Gasteiger partial charge is 0.496 e. The number of urea groups is 1. The summed E-state index contributed by atoms with van der Waals surface area (Å²) < 4.78 is 55.9. The van der Waals surface area contributed by atoms with Crippen LogP contribution in [0, 0.1) is 0 Å². The Morgan fingerprint density at radius 3 is 2.33 bits per heavy atom. The molecular formula is C20H21F3N2O4S. The molecule has 6 nitrogen and oxygen atoms in total. The van der Waals surface area contributed by atoms with E-state index in [1.807, 2.05) is 0 Å². The summed E-state index contributed by atoms with van der Waals surface area (Å²) in [7, 11) is 4.49. The van der Waals surface area contributed by atoms with Crippen LogP contribution < -0.4 is 19.5 Å². The van der Waals surface area contributed by atoms with Crippen LogP contribution in [0.3, 0.4) is 0 Å². The third-order valence-corrected chi connectivity index (χ3v) is 5.87. The summed E-state index contributed by atoms with van der Waals surface area (Å²) in [5, 5.41) is 1.94. The molecule has 1 fully saturated rings. The predicted molar refractivity (Wildman–Crippen MR) is 108 cm³/mol. The number of hydrogen-bond acceptors (Lipinski definition) is 5. The number of anilines is 1. The smallest absolute Gasteiger partial charge is 0.418 e. The van der Waals surface area contributed by atoms with Crippen LogP contribution in [0.4, 0.5) is 23.7 Å². The second-order valence-electron chi connectivity index (χ2n) is 6.34. The molecular weight excluding hydrogens is 421 g/mol. The van der Waals surface area contributed by atoms with E-state index in [-0.39, 0.29) is 5.69 Å². The van der Waals surface area contributed by atoms with Crippen LogP contribution in [-0.4, -0.2) is 44.6 Å². The fourth-order valence-corrected chi connectivity index (χ4v) is 4.48. The van der Waals surface area contributed by atoms with Crippen LogP contribution in [0.1, 0.15) is 16.5 Å².